The van der Waals surface area contributed by atoms with Crippen molar-refractivity contribution in [3.8, 4) is 103 Å². The number of carbonyl (C=O) groups excluding carboxylic acids is 8. The molecule has 12 N–H and O–H groups in total. The summed E-state index contributed by atoms with van der Waals surface area (Å²) in [6.45, 7) is -0.550. The van der Waals surface area contributed by atoms with E-state index >= 15 is 0 Å². The minimum Gasteiger partial charge on any atom is -0.508 e. The van der Waals surface area contributed by atoms with Gasteiger partial charge in [0.25, 0.3) is 0 Å². The van der Waals surface area contributed by atoms with Gasteiger partial charge in [-0.15, -0.1) is 0 Å². The highest BCUT2D eigenvalue weighted by molar-refractivity contribution is 6.51. The number of hydrogen-bond acceptors (Lipinski definition) is 29. The van der Waals surface area contributed by atoms with Crippen molar-refractivity contribution in [1.29, 1.82) is 0 Å². The molecule has 0 amide bonds. The molecule has 0 radical (unpaired) electrons. The van der Waals surface area contributed by atoms with Crippen molar-refractivity contribution >= 4 is 52.2 Å². The van der Waals surface area contributed by atoms with Crippen LogP contribution in [-0.2, 0) is 51.2 Å². The minimum absolute atomic E-state index is 0.000251. The Morgan fingerprint density at radius 3 is 1.88 bits per heavy atom. The van der Waals surface area contributed by atoms with Gasteiger partial charge >= 0.3 is 11.9 Å². The van der Waals surface area contributed by atoms with E-state index in [9.17, 15) is 99.6 Å². The van der Waals surface area contributed by atoms with Gasteiger partial charge in [-0.2, -0.15) is 4.89 Å². The van der Waals surface area contributed by atoms with E-state index in [1.54, 1.807) is 12.1 Å². The third-order valence-corrected chi connectivity index (χ3v) is 19.3. The van der Waals surface area contributed by atoms with Crippen LogP contribution in [0.4, 0.5) is 0 Å². The molecular weight excluding hydrogens is 1350 g/mol. The SMILES string of the molecule is O=C1C=C2CC3(OOc4cc(C(=O)OC5Cc6c(O)cc(O)cc6OC5C5CC(=O)C(=O)C6C(=O)C(=O)CC(C7Oc8cc(O)cc(O)c8CC7OC(=O)c7cc(O)c(O)c(O)c7)=CC65)cc(O)c4O)COc4cc(O)ccc4C3=C2C=C1Oc1cccc(C2COc3cc(O)cc(O)c3C2=O)c1. The molecular formula is C74H54O29. The average molecular weight is 1410 g/mol. The van der Waals surface area contributed by atoms with Gasteiger partial charge in [0, 0.05) is 115 Å². The van der Waals surface area contributed by atoms with Gasteiger partial charge in [-0.3, -0.25) is 28.8 Å². The van der Waals surface area contributed by atoms with E-state index in [0.29, 0.717) is 27.8 Å². The molecule has 29 nitrogen and oxygen atoms in total. The fourth-order valence-electron chi connectivity index (χ4n) is 14.6. The molecule has 15 rings (SSSR count). The summed E-state index contributed by atoms with van der Waals surface area (Å²) >= 11 is 0. The Morgan fingerprint density at radius 1 is 0.553 bits per heavy atom. The van der Waals surface area contributed by atoms with Crippen LogP contribution in [0, 0.1) is 17.8 Å². The summed E-state index contributed by atoms with van der Waals surface area (Å²) < 4.78 is 42.9. The lowest BCUT2D eigenvalue weighted by atomic mass is 9.65. The average Bonchev–Trinajstić information content (AvgIpc) is 1.60. The molecule has 7 aromatic rings. The van der Waals surface area contributed by atoms with Crippen molar-refractivity contribution in [2.75, 3.05) is 13.2 Å². The molecule has 1 fully saturated rings. The van der Waals surface area contributed by atoms with E-state index in [2.05, 4.69) is 0 Å². The van der Waals surface area contributed by atoms with Crippen molar-refractivity contribution in [2.45, 2.75) is 68.0 Å². The number of fused-ring (bicyclic) bond motifs is 8. The van der Waals surface area contributed by atoms with Crippen LogP contribution >= 0.6 is 0 Å². The molecule has 29 heteroatoms. The van der Waals surface area contributed by atoms with Gasteiger partial charge in [-0.1, -0.05) is 18.2 Å². The van der Waals surface area contributed by atoms with Gasteiger partial charge in [0.2, 0.25) is 34.6 Å². The van der Waals surface area contributed by atoms with Crippen molar-refractivity contribution < 1.29 is 143 Å². The highest BCUT2D eigenvalue weighted by Gasteiger charge is 2.57. The fraction of sp³-hybridized carbons (Fsp3) is 0.216. The summed E-state index contributed by atoms with van der Waals surface area (Å²) in [5.41, 5.74) is -1.40. The second-order valence-electron chi connectivity index (χ2n) is 25.8. The summed E-state index contributed by atoms with van der Waals surface area (Å²) in [5.74, 6) is -23.7. The molecule has 103 heavy (non-hydrogen) atoms. The summed E-state index contributed by atoms with van der Waals surface area (Å²) in [4.78, 5) is 125. The lowest BCUT2D eigenvalue weighted by Gasteiger charge is -2.43. The molecule has 1 saturated carbocycles. The zero-order chi connectivity index (χ0) is 72.5. The van der Waals surface area contributed by atoms with E-state index in [1.807, 2.05) is 0 Å². The molecule has 0 saturated heterocycles. The Kier molecular flexibility index (Phi) is 15.7. The standard InChI is InChI=1S/C74H54O29/c75-33-4-5-38-54(17-33)96-27-74(25-32-12-47(81)57(22-39(32)64(38)74)97-37-3-1-2-28(6-37)44-26-95-58-20-36(78)16-48(82)63(58)65(44)88)103-102-59-13-31(11-51(85)67(59)90)73(94)101-61-24-43-46(80)15-35(77)19-56(43)99-71(61)41-21-53(87)69(92)62-40(41)7-29(8-52(86)68(62)91)70-60(23-42-45(79)14-34(76)18-55(42)98-70)100-72(93)30-9-49(83)66(89)50(84)10-30/h1-7,9-20,22,40-41,44,60-62,70-71,75-80,82-85,89-90H,8,21,23-27H2. The van der Waals surface area contributed by atoms with Crippen LogP contribution in [-0.4, -0.2) is 151 Å². The first kappa shape index (κ1) is 65.7. The quantitative estimate of drug-likeness (QED) is 0.0112. The summed E-state index contributed by atoms with van der Waals surface area (Å²) in [6.07, 6.45) is -5.35. The first-order valence-corrected chi connectivity index (χ1v) is 31.7. The van der Waals surface area contributed by atoms with Crippen molar-refractivity contribution in [3.05, 3.63) is 183 Å². The molecule has 4 aliphatic carbocycles. The second kappa shape index (κ2) is 24.6. The Morgan fingerprint density at radius 2 is 1.17 bits per heavy atom. The van der Waals surface area contributed by atoms with Gasteiger partial charge in [-0.05, 0) is 76.9 Å². The van der Waals surface area contributed by atoms with Crippen LogP contribution < -0.4 is 28.6 Å². The Labute approximate surface area is 577 Å². The number of ether oxygens (including phenoxy) is 7. The zero-order valence-electron chi connectivity index (χ0n) is 52.9. The molecule has 0 spiro atoms. The third-order valence-electron chi connectivity index (χ3n) is 19.3. The number of aromatic hydroxyl groups is 12. The van der Waals surface area contributed by atoms with Gasteiger partial charge in [0.15, 0.2) is 52.0 Å². The van der Waals surface area contributed by atoms with Crippen LogP contribution in [0.15, 0.2) is 144 Å². The number of Topliss-reactive ketones (excluding diaryl/α,β-unsaturated/α-hetero) is 5. The maximum absolute atomic E-state index is 14.9. The molecule has 0 aromatic heterocycles. The predicted octanol–water partition coefficient (Wildman–Crippen LogP) is 6.90. The fourth-order valence-corrected chi connectivity index (χ4v) is 14.6. The minimum atomic E-state index is -2.08. The predicted molar refractivity (Wildman–Crippen MR) is 343 cm³/mol. The van der Waals surface area contributed by atoms with E-state index < -0.39 is 207 Å². The van der Waals surface area contributed by atoms with E-state index in [0.717, 1.165) is 54.6 Å². The smallest absolute Gasteiger partial charge is 0.338 e. The number of hydrogen-bond donors (Lipinski definition) is 12. The summed E-state index contributed by atoms with van der Waals surface area (Å²) in [5, 5.41) is 128. The lowest BCUT2D eigenvalue weighted by Crippen LogP contribution is -2.54. The van der Waals surface area contributed by atoms with Crippen LogP contribution in [0.3, 0.4) is 0 Å². The van der Waals surface area contributed by atoms with Crippen LogP contribution in [0.25, 0.3) is 5.57 Å². The molecule has 8 aliphatic rings. The summed E-state index contributed by atoms with van der Waals surface area (Å²) in [6, 6.07) is 20.0. The molecule has 4 heterocycles. The van der Waals surface area contributed by atoms with Crippen LogP contribution in [0.1, 0.15) is 78.5 Å². The first-order chi connectivity index (χ1) is 49.2. The number of phenols is 12. The number of esters is 2. The number of benzene rings is 7. The molecule has 9 unspecified atom stereocenters. The number of allylic oxidation sites excluding steroid dienone is 4. The molecule has 9 atom stereocenters. The number of phenolic OH excluding ortho intramolecular Hbond substituents is 12. The number of ketones is 6. The Hall–Kier alpha value is -13.2. The van der Waals surface area contributed by atoms with E-state index in [-0.39, 0.29) is 81.3 Å². The largest absolute Gasteiger partial charge is 0.508 e. The second-order valence-corrected chi connectivity index (χ2v) is 25.8. The topological polar surface area (TPSA) is 462 Å². The monoisotopic (exact) mass is 1410 g/mol. The number of carbonyl (C=O) groups is 8. The normalized spacial score (nSPS) is 23.7. The highest BCUT2D eigenvalue weighted by Crippen LogP contribution is 2.56. The maximum atomic E-state index is 14.9. The molecule has 524 valence electrons. The Balaban J connectivity index is 0.740. The third kappa shape index (κ3) is 11.4. The van der Waals surface area contributed by atoms with Gasteiger partial charge in [0.05, 0.1) is 23.0 Å². The van der Waals surface area contributed by atoms with Crippen molar-refractivity contribution in [2.24, 2.45) is 17.8 Å². The number of rotatable bonds is 12. The van der Waals surface area contributed by atoms with Gasteiger partial charge in [-0.25, -0.2) is 9.59 Å². The highest BCUT2D eigenvalue weighted by atomic mass is 17.2. The lowest BCUT2D eigenvalue weighted by molar-refractivity contribution is -0.278. The molecule has 4 aliphatic heterocycles. The van der Waals surface area contributed by atoms with Crippen LogP contribution in [0.2, 0.25) is 0 Å². The Bertz CT molecular complexity index is 5090. The molecule has 0 bridgehead atoms. The van der Waals surface area contributed by atoms with E-state index in [4.69, 9.17) is 42.9 Å². The molecule has 7 aromatic carbocycles. The van der Waals surface area contributed by atoms with Crippen molar-refractivity contribution in [3.63, 3.8) is 0 Å². The van der Waals surface area contributed by atoms with Gasteiger partial charge in [0.1, 0.15) is 106 Å². The summed E-state index contributed by atoms with van der Waals surface area (Å²) in [7, 11) is 0. The van der Waals surface area contributed by atoms with E-state index in [1.165, 1.54) is 54.6 Å². The zero-order valence-corrected chi connectivity index (χ0v) is 52.9. The van der Waals surface area contributed by atoms with Gasteiger partial charge < -0.3 is 99.3 Å². The van der Waals surface area contributed by atoms with Crippen molar-refractivity contribution in [1.82, 2.24) is 0 Å². The van der Waals surface area contributed by atoms with Crippen LogP contribution in [0.5, 0.6) is 103 Å². The maximum Gasteiger partial charge on any atom is 0.338 e. The first-order valence-electron chi connectivity index (χ1n) is 31.7.